The van der Waals surface area contributed by atoms with Crippen molar-refractivity contribution in [2.45, 2.75) is 6.04 Å². The Morgan fingerprint density at radius 3 is 3.06 bits per heavy atom. The van der Waals surface area contributed by atoms with E-state index in [0.717, 1.165) is 13.1 Å². The molecule has 6 nitrogen and oxygen atoms in total. The number of carboxylic acid groups (broad SMARTS) is 1. The maximum absolute atomic E-state index is 10.9. The lowest BCUT2D eigenvalue weighted by molar-refractivity contribution is 0.0664. The average molecular weight is 225 g/mol. The lowest BCUT2D eigenvalue weighted by Gasteiger charge is -2.28. The minimum Gasteiger partial charge on any atom is -0.475 e. The van der Waals surface area contributed by atoms with Crippen LogP contribution in [-0.4, -0.2) is 49.2 Å². The molecule has 1 aromatic heterocycles. The molecule has 0 bridgehead atoms. The van der Waals surface area contributed by atoms with Crippen LogP contribution in [0.1, 0.15) is 10.6 Å². The molecule has 0 fully saturated rings. The average Bonchev–Trinajstić information content (AvgIpc) is 2.59. The quantitative estimate of drug-likeness (QED) is 0.704. The summed E-state index contributed by atoms with van der Waals surface area (Å²) in [6, 6.07) is 0.179. The van der Waals surface area contributed by atoms with E-state index in [1.165, 1.54) is 6.26 Å². The molecule has 0 saturated heterocycles. The van der Waals surface area contributed by atoms with Gasteiger partial charge in [-0.25, -0.2) is 4.79 Å². The Kier molecular flexibility index (Phi) is 2.74. The summed E-state index contributed by atoms with van der Waals surface area (Å²) in [5, 5.41) is 15.3. The van der Waals surface area contributed by atoms with Gasteiger partial charge in [0, 0.05) is 13.1 Å². The van der Waals surface area contributed by atoms with Gasteiger partial charge in [0.2, 0.25) is 5.76 Å². The van der Waals surface area contributed by atoms with Crippen molar-refractivity contribution in [3.05, 3.63) is 12.0 Å². The Balaban J connectivity index is 2.17. The molecule has 1 atom stereocenters. The predicted octanol–water partition coefficient (Wildman–Crippen LogP) is 0.745. The monoisotopic (exact) mass is 225 g/mol. The third kappa shape index (κ3) is 1.96. The van der Waals surface area contributed by atoms with E-state index in [2.05, 4.69) is 10.6 Å². The van der Waals surface area contributed by atoms with Crippen LogP contribution in [-0.2, 0) is 0 Å². The molecule has 88 valence electrons. The van der Waals surface area contributed by atoms with Crippen LogP contribution in [0.15, 0.2) is 10.7 Å². The number of rotatable bonds is 3. The van der Waals surface area contributed by atoms with Gasteiger partial charge in [-0.3, -0.25) is 0 Å². The zero-order chi connectivity index (χ0) is 11.7. The number of likely N-dealkylation sites (N-methyl/N-ethyl adjacent to an activating group) is 1. The maximum atomic E-state index is 10.9. The summed E-state index contributed by atoms with van der Waals surface area (Å²) in [6.45, 7) is 1.58. The molecule has 6 heteroatoms. The van der Waals surface area contributed by atoms with Crippen molar-refractivity contribution in [1.82, 2.24) is 4.90 Å². The number of nitrogens with zero attached hydrogens (tertiary/aromatic N) is 1. The van der Waals surface area contributed by atoms with Crippen LogP contribution in [0.5, 0.6) is 0 Å². The number of anilines is 2. The van der Waals surface area contributed by atoms with Crippen molar-refractivity contribution in [2.24, 2.45) is 0 Å². The molecule has 1 aliphatic heterocycles. The second-order valence-electron chi connectivity index (χ2n) is 4.14. The van der Waals surface area contributed by atoms with Gasteiger partial charge in [0.1, 0.15) is 12.0 Å². The van der Waals surface area contributed by atoms with Crippen molar-refractivity contribution < 1.29 is 14.3 Å². The molecular weight excluding hydrogens is 210 g/mol. The molecule has 0 spiro atoms. The Bertz CT molecular complexity index is 400. The van der Waals surface area contributed by atoms with Gasteiger partial charge < -0.3 is 25.1 Å². The standard InChI is InChI=1S/C10H15N3O3/c1-13(2)4-6-3-11-7-5-16-9(10(14)15)8(7)12-6/h5-6,11-12H,3-4H2,1-2H3,(H,14,15). The number of furan rings is 1. The first-order chi connectivity index (χ1) is 7.58. The molecule has 2 rings (SSSR count). The summed E-state index contributed by atoms with van der Waals surface area (Å²) >= 11 is 0. The summed E-state index contributed by atoms with van der Waals surface area (Å²) in [6.07, 6.45) is 1.43. The molecule has 1 unspecified atom stereocenters. The van der Waals surface area contributed by atoms with Gasteiger partial charge in [0.05, 0.1) is 11.7 Å². The number of nitrogens with one attached hydrogen (secondary N) is 2. The van der Waals surface area contributed by atoms with Gasteiger partial charge in [-0.15, -0.1) is 0 Å². The summed E-state index contributed by atoms with van der Waals surface area (Å²) in [5.41, 5.74) is 1.26. The zero-order valence-electron chi connectivity index (χ0n) is 9.28. The van der Waals surface area contributed by atoms with Crippen LogP contribution in [0, 0.1) is 0 Å². The molecule has 3 N–H and O–H groups in total. The highest BCUT2D eigenvalue weighted by atomic mass is 16.4. The molecule has 0 aliphatic carbocycles. The Labute approximate surface area is 93.2 Å². The fourth-order valence-corrected chi connectivity index (χ4v) is 1.83. The number of carbonyl (C=O) groups is 1. The predicted molar refractivity (Wildman–Crippen MR) is 60.1 cm³/mol. The van der Waals surface area contributed by atoms with Crippen LogP contribution in [0.4, 0.5) is 11.4 Å². The number of hydrogen-bond acceptors (Lipinski definition) is 5. The Morgan fingerprint density at radius 2 is 2.44 bits per heavy atom. The van der Waals surface area contributed by atoms with Crippen LogP contribution in [0.25, 0.3) is 0 Å². The minimum absolute atomic E-state index is 0.0362. The SMILES string of the molecule is CN(C)CC1CNc2coc(C(=O)O)c2N1. The first kappa shape index (κ1) is 10.8. The van der Waals surface area contributed by atoms with Crippen molar-refractivity contribution in [3.8, 4) is 0 Å². The van der Waals surface area contributed by atoms with Crippen molar-refractivity contribution in [3.63, 3.8) is 0 Å². The maximum Gasteiger partial charge on any atom is 0.374 e. The molecule has 0 amide bonds. The second kappa shape index (κ2) is 4.05. The van der Waals surface area contributed by atoms with Gasteiger partial charge in [-0.05, 0) is 14.1 Å². The highest BCUT2D eigenvalue weighted by molar-refractivity contribution is 5.95. The molecule has 1 aromatic rings. The van der Waals surface area contributed by atoms with E-state index in [1.807, 2.05) is 19.0 Å². The lowest BCUT2D eigenvalue weighted by atomic mass is 10.2. The van der Waals surface area contributed by atoms with E-state index in [1.54, 1.807) is 0 Å². The third-order valence-electron chi connectivity index (χ3n) is 2.46. The van der Waals surface area contributed by atoms with E-state index in [-0.39, 0.29) is 11.8 Å². The molecule has 0 aromatic carbocycles. The second-order valence-corrected chi connectivity index (χ2v) is 4.14. The number of aromatic carboxylic acids is 1. The van der Waals surface area contributed by atoms with Crippen LogP contribution in [0.2, 0.25) is 0 Å². The number of fused-ring (bicyclic) bond motifs is 1. The number of hydrogen-bond donors (Lipinski definition) is 3. The molecule has 16 heavy (non-hydrogen) atoms. The van der Waals surface area contributed by atoms with Gasteiger partial charge in [-0.1, -0.05) is 0 Å². The number of carboxylic acids is 1. The smallest absolute Gasteiger partial charge is 0.374 e. The first-order valence-electron chi connectivity index (χ1n) is 5.08. The largest absolute Gasteiger partial charge is 0.475 e. The van der Waals surface area contributed by atoms with Gasteiger partial charge in [0.25, 0.3) is 0 Å². The van der Waals surface area contributed by atoms with Gasteiger partial charge >= 0.3 is 5.97 Å². The van der Waals surface area contributed by atoms with Crippen LogP contribution < -0.4 is 10.6 Å². The van der Waals surface area contributed by atoms with Crippen LogP contribution >= 0.6 is 0 Å². The third-order valence-corrected chi connectivity index (χ3v) is 2.46. The fourth-order valence-electron chi connectivity index (χ4n) is 1.83. The lowest BCUT2D eigenvalue weighted by Crippen LogP contribution is -2.40. The van der Waals surface area contributed by atoms with E-state index in [0.29, 0.717) is 11.4 Å². The first-order valence-corrected chi connectivity index (χ1v) is 5.08. The normalized spacial score (nSPS) is 18.8. The molecule has 1 aliphatic rings. The summed E-state index contributed by atoms with van der Waals surface area (Å²) < 4.78 is 4.99. The molecule has 0 saturated carbocycles. The zero-order valence-corrected chi connectivity index (χ0v) is 9.28. The Hall–Kier alpha value is -1.69. The fraction of sp³-hybridized carbons (Fsp3) is 0.500. The van der Waals surface area contributed by atoms with Crippen molar-refractivity contribution in [2.75, 3.05) is 37.8 Å². The van der Waals surface area contributed by atoms with Crippen LogP contribution in [0.3, 0.4) is 0 Å². The summed E-state index contributed by atoms with van der Waals surface area (Å²) in [7, 11) is 3.95. The Morgan fingerprint density at radius 1 is 1.69 bits per heavy atom. The summed E-state index contributed by atoms with van der Waals surface area (Å²) in [5.74, 6) is -1.09. The summed E-state index contributed by atoms with van der Waals surface area (Å²) in [4.78, 5) is 12.9. The topological polar surface area (TPSA) is 77.7 Å². The minimum atomic E-state index is -1.05. The van der Waals surface area contributed by atoms with E-state index < -0.39 is 5.97 Å². The van der Waals surface area contributed by atoms with E-state index >= 15 is 0 Å². The van der Waals surface area contributed by atoms with E-state index in [9.17, 15) is 4.79 Å². The van der Waals surface area contributed by atoms with Gasteiger partial charge in [-0.2, -0.15) is 0 Å². The highest BCUT2D eigenvalue weighted by Gasteiger charge is 2.26. The van der Waals surface area contributed by atoms with E-state index in [4.69, 9.17) is 9.52 Å². The van der Waals surface area contributed by atoms with Crippen molar-refractivity contribution in [1.29, 1.82) is 0 Å². The molecule has 0 radical (unpaired) electrons. The van der Waals surface area contributed by atoms with Gasteiger partial charge in [0.15, 0.2) is 0 Å². The highest BCUT2D eigenvalue weighted by Crippen LogP contribution is 2.32. The molecular formula is C10H15N3O3. The van der Waals surface area contributed by atoms with Crippen molar-refractivity contribution >= 4 is 17.3 Å². The molecule has 2 heterocycles.